The van der Waals surface area contributed by atoms with Crippen molar-refractivity contribution in [1.82, 2.24) is 20.0 Å². The van der Waals surface area contributed by atoms with Gasteiger partial charge in [-0.15, -0.1) is 0 Å². The van der Waals surface area contributed by atoms with E-state index in [0.29, 0.717) is 43.2 Å². The molecule has 1 fully saturated rings. The molecule has 1 aliphatic carbocycles. The van der Waals surface area contributed by atoms with Gasteiger partial charge in [-0.05, 0) is 43.7 Å². The molecule has 0 radical (unpaired) electrons. The molecule has 1 amide bonds. The molecule has 11 heteroatoms. The number of benzene rings is 1. The Balaban J connectivity index is 0.00000216. The number of carbonyl (C=O) groups excluding carboxylic acids is 1. The minimum Gasteiger partial charge on any atom is -0.355 e. The van der Waals surface area contributed by atoms with Crippen LogP contribution in [0.5, 0.6) is 0 Å². The standard InChI is InChI=1S/C27H33ClF3N5O2.C2H6/c1-4-35(13-12-32-23(37)14-19-7-5-6-18(2)8-9-19)24-16-36(17-38-24)25-21-15-20(28)10-11-22(21)33-26(34(25)3)27(29,30)31;1-2/h6-11,15,24-25H,4-5,12-14,16-17H2,1-3H3,(H,32,37);1-2H3. The molecule has 1 aromatic carbocycles. The van der Waals surface area contributed by atoms with Gasteiger partial charge in [-0.2, -0.15) is 13.2 Å². The molecule has 2 unspecified atom stereocenters. The molecular formula is C29H39ClF3N5O2. The quantitative estimate of drug-likeness (QED) is 0.397. The van der Waals surface area contributed by atoms with E-state index >= 15 is 0 Å². The van der Waals surface area contributed by atoms with E-state index < -0.39 is 18.2 Å². The Morgan fingerprint density at radius 3 is 2.70 bits per heavy atom. The second kappa shape index (κ2) is 14.3. The second-order valence-corrected chi connectivity index (χ2v) is 10.0. The predicted octanol–water partition coefficient (Wildman–Crippen LogP) is 6.18. The zero-order valence-corrected chi connectivity index (χ0v) is 24.5. The maximum absolute atomic E-state index is 13.8. The average Bonchev–Trinajstić information content (AvgIpc) is 3.29. The van der Waals surface area contributed by atoms with Gasteiger partial charge in [0.05, 0.1) is 12.1 Å². The lowest BCUT2D eigenvalue weighted by Crippen LogP contribution is -2.49. The number of carbonyl (C=O) groups is 1. The van der Waals surface area contributed by atoms with Crippen LogP contribution in [0.2, 0.25) is 5.02 Å². The van der Waals surface area contributed by atoms with Gasteiger partial charge in [0, 0.05) is 37.3 Å². The van der Waals surface area contributed by atoms with Crippen molar-refractivity contribution in [3.8, 4) is 0 Å². The number of nitrogens with one attached hydrogen (secondary N) is 1. The molecule has 2 atom stereocenters. The molecule has 3 aliphatic rings. The van der Waals surface area contributed by atoms with E-state index in [1.165, 1.54) is 24.8 Å². The van der Waals surface area contributed by atoms with Crippen molar-refractivity contribution < 1.29 is 22.7 Å². The molecular weight excluding hydrogens is 543 g/mol. The fourth-order valence-electron chi connectivity index (χ4n) is 4.93. The van der Waals surface area contributed by atoms with Gasteiger partial charge in [0.2, 0.25) is 11.7 Å². The lowest BCUT2D eigenvalue weighted by Gasteiger charge is -2.40. The predicted molar refractivity (Wildman–Crippen MR) is 153 cm³/mol. The summed E-state index contributed by atoms with van der Waals surface area (Å²) >= 11 is 6.19. The van der Waals surface area contributed by atoms with Crippen molar-refractivity contribution in [3.05, 3.63) is 64.2 Å². The van der Waals surface area contributed by atoms with Gasteiger partial charge in [0.15, 0.2) is 0 Å². The van der Waals surface area contributed by atoms with E-state index in [2.05, 4.69) is 21.3 Å². The van der Waals surface area contributed by atoms with E-state index in [9.17, 15) is 18.0 Å². The lowest BCUT2D eigenvalue weighted by atomic mass is 10.1. The normalized spacial score (nSPS) is 21.1. The second-order valence-electron chi connectivity index (χ2n) is 9.59. The van der Waals surface area contributed by atoms with Gasteiger partial charge >= 0.3 is 6.18 Å². The first kappa shape index (κ1) is 31.9. The molecule has 0 bridgehead atoms. The number of likely N-dealkylation sites (N-methyl/N-ethyl adjacent to an activating group) is 1. The van der Waals surface area contributed by atoms with Crippen LogP contribution >= 0.6 is 11.6 Å². The molecule has 1 saturated heterocycles. The number of amides is 1. The van der Waals surface area contributed by atoms with Crippen molar-refractivity contribution in [3.63, 3.8) is 0 Å². The van der Waals surface area contributed by atoms with Crippen LogP contribution in [0, 0.1) is 0 Å². The number of amidine groups is 1. The summed E-state index contributed by atoms with van der Waals surface area (Å²) in [6.45, 7) is 10.2. The van der Waals surface area contributed by atoms with Crippen molar-refractivity contribution in [2.75, 3.05) is 40.0 Å². The summed E-state index contributed by atoms with van der Waals surface area (Å²) < 4.78 is 47.3. The Kier molecular flexibility index (Phi) is 11.4. The average molecular weight is 582 g/mol. The summed E-state index contributed by atoms with van der Waals surface area (Å²) in [7, 11) is 1.39. The lowest BCUT2D eigenvalue weighted by molar-refractivity contribution is -0.120. The Morgan fingerprint density at radius 2 is 2.00 bits per heavy atom. The smallest absolute Gasteiger partial charge is 0.355 e. The van der Waals surface area contributed by atoms with Crippen LogP contribution in [0.15, 0.2) is 58.6 Å². The summed E-state index contributed by atoms with van der Waals surface area (Å²) in [6, 6.07) is 4.71. The summed E-state index contributed by atoms with van der Waals surface area (Å²) in [6.07, 6.45) is 3.60. The maximum atomic E-state index is 13.8. The van der Waals surface area contributed by atoms with Gasteiger partial charge in [0.1, 0.15) is 19.1 Å². The third-order valence-corrected chi connectivity index (χ3v) is 7.13. The number of fused-ring (bicyclic) bond motifs is 1. The first-order valence-electron chi connectivity index (χ1n) is 13.6. The Morgan fingerprint density at radius 1 is 1.25 bits per heavy atom. The third-order valence-electron chi connectivity index (χ3n) is 6.90. The van der Waals surface area contributed by atoms with E-state index in [0.717, 1.165) is 16.9 Å². The van der Waals surface area contributed by atoms with Crippen LogP contribution < -0.4 is 5.32 Å². The number of halogens is 4. The Bertz CT molecular complexity index is 1160. The molecule has 40 heavy (non-hydrogen) atoms. The fraction of sp³-hybridized carbons (Fsp3) is 0.517. The van der Waals surface area contributed by atoms with Crippen LogP contribution in [-0.4, -0.2) is 78.8 Å². The first-order valence-corrected chi connectivity index (χ1v) is 14.0. The monoisotopic (exact) mass is 581 g/mol. The highest BCUT2D eigenvalue weighted by Gasteiger charge is 2.46. The van der Waals surface area contributed by atoms with Crippen molar-refractivity contribution in [1.29, 1.82) is 0 Å². The van der Waals surface area contributed by atoms with Gasteiger partial charge in [-0.25, -0.2) is 4.99 Å². The van der Waals surface area contributed by atoms with Crippen molar-refractivity contribution in [2.24, 2.45) is 4.99 Å². The highest BCUT2D eigenvalue weighted by molar-refractivity contribution is 6.30. The van der Waals surface area contributed by atoms with E-state index in [4.69, 9.17) is 16.3 Å². The summed E-state index contributed by atoms with van der Waals surface area (Å²) in [5.41, 5.74) is 3.00. The molecule has 0 spiro atoms. The zero-order valence-electron chi connectivity index (χ0n) is 23.8. The minimum absolute atomic E-state index is 0.0539. The molecule has 1 N–H and O–H groups in total. The number of alkyl halides is 3. The number of aliphatic imine (C=N–C) groups is 1. The number of ether oxygens (including phenoxy) is 1. The highest BCUT2D eigenvalue weighted by atomic mass is 35.5. The first-order chi connectivity index (χ1) is 19.1. The largest absolute Gasteiger partial charge is 0.449 e. The summed E-state index contributed by atoms with van der Waals surface area (Å²) in [5, 5.41) is 3.40. The molecule has 0 aromatic heterocycles. The molecule has 4 rings (SSSR count). The molecule has 7 nitrogen and oxygen atoms in total. The van der Waals surface area contributed by atoms with E-state index in [1.54, 1.807) is 6.07 Å². The molecule has 2 heterocycles. The number of nitrogens with zero attached hydrogens (tertiary/aromatic N) is 4. The van der Waals surface area contributed by atoms with E-state index in [-0.39, 0.29) is 24.6 Å². The highest BCUT2D eigenvalue weighted by Crippen LogP contribution is 2.42. The maximum Gasteiger partial charge on any atom is 0.449 e. The number of rotatable bonds is 8. The molecule has 2 aliphatic heterocycles. The zero-order chi connectivity index (χ0) is 29.4. The third kappa shape index (κ3) is 7.96. The molecule has 220 valence electrons. The fourth-order valence-corrected chi connectivity index (χ4v) is 5.11. The molecule has 1 aromatic rings. The van der Waals surface area contributed by atoms with Gasteiger partial charge < -0.3 is 15.0 Å². The van der Waals surface area contributed by atoms with Crippen LogP contribution in [0.25, 0.3) is 0 Å². The number of hydrogen-bond donors (Lipinski definition) is 1. The molecule has 0 saturated carbocycles. The van der Waals surface area contributed by atoms with Gasteiger partial charge in [0.25, 0.3) is 0 Å². The van der Waals surface area contributed by atoms with Crippen LogP contribution in [-0.2, 0) is 9.53 Å². The summed E-state index contributed by atoms with van der Waals surface area (Å²) in [4.78, 5) is 21.4. The Hall–Kier alpha value is -2.66. The minimum atomic E-state index is -4.60. The van der Waals surface area contributed by atoms with Crippen molar-refractivity contribution >= 4 is 29.0 Å². The van der Waals surface area contributed by atoms with Gasteiger partial charge in [-0.1, -0.05) is 62.2 Å². The van der Waals surface area contributed by atoms with Crippen LogP contribution in [0.1, 0.15) is 52.3 Å². The summed E-state index contributed by atoms with van der Waals surface area (Å²) in [5.74, 6) is -1.01. The number of allylic oxidation sites excluding steroid dienone is 5. The van der Waals surface area contributed by atoms with Crippen molar-refractivity contribution in [2.45, 2.75) is 59.1 Å². The van der Waals surface area contributed by atoms with E-state index in [1.807, 2.05) is 50.8 Å². The van der Waals surface area contributed by atoms with Crippen LogP contribution in [0.4, 0.5) is 18.9 Å². The number of hydrogen-bond acceptors (Lipinski definition) is 6. The SMILES string of the molecule is CC.CCN(CCNC(=O)CC1=CCC=C(C)C=C1)C1CN(C2c3cc(Cl)ccc3N=C(C(F)(F)F)N2C)CO1. The van der Waals surface area contributed by atoms with Crippen LogP contribution in [0.3, 0.4) is 0 Å². The topological polar surface area (TPSA) is 60.4 Å². The Labute approximate surface area is 240 Å². The van der Waals surface area contributed by atoms with Gasteiger partial charge in [-0.3, -0.25) is 14.6 Å².